The summed E-state index contributed by atoms with van der Waals surface area (Å²) in [6, 6.07) is 11.2. The van der Waals surface area contributed by atoms with E-state index in [4.69, 9.17) is 19.2 Å². The Balaban J connectivity index is 1.86. The zero-order valence-corrected chi connectivity index (χ0v) is 23.5. The molecular formula is C27H29BrN4O4S. The number of fused-ring (bicyclic) bond motifs is 3. The van der Waals surface area contributed by atoms with Crippen LogP contribution in [0.1, 0.15) is 45.4 Å². The van der Waals surface area contributed by atoms with E-state index in [9.17, 15) is 4.79 Å². The number of hydrogen-bond acceptors (Lipinski definition) is 8. The van der Waals surface area contributed by atoms with Crippen molar-refractivity contribution in [2.24, 2.45) is 0 Å². The second-order valence-corrected chi connectivity index (χ2v) is 10.1. The summed E-state index contributed by atoms with van der Waals surface area (Å²) in [7, 11) is 0. The largest absolute Gasteiger partial charge is 0.490 e. The lowest BCUT2D eigenvalue weighted by molar-refractivity contribution is -0.118. The molecule has 3 aromatic rings. The van der Waals surface area contributed by atoms with Crippen molar-refractivity contribution in [2.75, 3.05) is 23.9 Å². The summed E-state index contributed by atoms with van der Waals surface area (Å²) in [6.07, 6.45) is 2.95. The normalized spacial score (nSPS) is 14.2. The molecule has 1 amide bonds. The van der Waals surface area contributed by atoms with Gasteiger partial charge >= 0.3 is 0 Å². The van der Waals surface area contributed by atoms with Crippen LogP contribution in [0.2, 0.25) is 0 Å². The molecule has 8 nitrogen and oxygen atoms in total. The van der Waals surface area contributed by atoms with Gasteiger partial charge in [-0.3, -0.25) is 9.69 Å². The molecule has 1 aliphatic heterocycles. The molecule has 0 bridgehead atoms. The summed E-state index contributed by atoms with van der Waals surface area (Å²) in [5.41, 5.74) is 2.54. The van der Waals surface area contributed by atoms with Crippen LogP contribution in [0.25, 0.3) is 11.3 Å². The third-order valence-electron chi connectivity index (χ3n) is 5.54. The standard InChI is InChI=1S/C27H29BrN4O4S/c1-5-8-14-37-27-29-25-23(30-31-27)19-11-9-10-12-21(19)32(17(4)33)26(36-25)18-15-20(28)24(35-13-6-2)22(16-18)34-7-3/h6,9-12,15-16,26H,2,5,7-8,13-14H2,1,3-4H3/t26-/m1/s1. The highest BCUT2D eigenvalue weighted by Crippen LogP contribution is 2.46. The van der Waals surface area contributed by atoms with E-state index < -0.39 is 6.23 Å². The first-order valence-corrected chi connectivity index (χ1v) is 13.9. The first-order valence-electron chi connectivity index (χ1n) is 12.1. The van der Waals surface area contributed by atoms with Gasteiger partial charge < -0.3 is 14.2 Å². The molecule has 4 rings (SSSR count). The third-order valence-corrected chi connectivity index (χ3v) is 7.06. The Hall–Kier alpha value is -3.11. The van der Waals surface area contributed by atoms with Crippen LogP contribution in [0.15, 0.2) is 58.7 Å². The quantitative estimate of drug-likeness (QED) is 0.150. The predicted octanol–water partition coefficient (Wildman–Crippen LogP) is 6.60. The molecule has 37 heavy (non-hydrogen) atoms. The van der Waals surface area contributed by atoms with E-state index in [1.165, 1.54) is 18.7 Å². The Labute approximate surface area is 229 Å². The number of para-hydroxylation sites is 1. The van der Waals surface area contributed by atoms with Gasteiger partial charge in [0.2, 0.25) is 23.2 Å². The maximum Gasteiger partial charge on any atom is 0.247 e. The number of halogens is 1. The number of rotatable bonds is 10. The van der Waals surface area contributed by atoms with Crippen LogP contribution in [0.3, 0.4) is 0 Å². The van der Waals surface area contributed by atoms with E-state index in [2.05, 4.69) is 39.6 Å². The van der Waals surface area contributed by atoms with Crippen LogP contribution in [-0.2, 0) is 4.79 Å². The molecule has 2 aromatic carbocycles. The number of unbranched alkanes of at least 4 members (excludes halogenated alkanes) is 1. The summed E-state index contributed by atoms with van der Waals surface area (Å²) >= 11 is 5.15. The first-order chi connectivity index (χ1) is 18.0. The van der Waals surface area contributed by atoms with Gasteiger partial charge in [-0.2, -0.15) is 4.98 Å². The maximum atomic E-state index is 13.1. The molecule has 0 fully saturated rings. The highest BCUT2D eigenvalue weighted by atomic mass is 79.9. The molecule has 0 unspecified atom stereocenters. The molecule has 0 saturated carbocycles. The number of amides is 1. The third kappa shape index (κ3) is 5.91. The van der Waals surface area contributed by atoms with Crippen LogP contribution in [0, 0.1) is 0 Å². The highest BCUT2D eigenvalue weighted by Gasteiger charge is 2.35. The van der Waals surface area contributed by atoms with Gasteiger partial charge in [0.25, 0.3) is 0 Å². The second kappa shape index (κ2) is 12.4. The molecule has 0 radical (unpaired) electrons. The summed E-state index contributed by atoms with van der Waals surface area (Å²) < 4.78 is 18.9. The molecule has 1 aliphatic rings. The average Bonchev–Trinajstić information content (AvgIpc) is 3.03. The van der Waals surface area contributed by atoms with E-state index in [0.29, 0.717) is 57.2 Å². The monoisotopic (exact) mass is 584 g/mol. The summed E-state index contributed by atoms with van der Waals surface area (Å²) in [5, 5.41) is 9.34. The molecule has 0 N–H and O–H groups in total. The summed E-state index contributed by atoms with van der Waals surface area (Å²) in [5.74, 6) is 2.07. The summed E-state index contributed by atoms with van der Waals surface area (Å²) in [4.78, 5) is 19.4. The van der Waals surface area contributed by atoms with Crippen molar-refractivity contribution in [3.8, 4) is 28.6 Å². The van der Waals surface area contributed by atoms with Gasteiger partial charge in [0, 0.05) is 23.8 Å². The number of carbonyl (C=O) groups is 1. The highest BCUT2D eigenvalue weighted by molar-refractivity contribution is 9.10. The van der Waals surface area contributed by atoms with Crippen molar-refractivity contribution in [1.82, 2.24) is 15.2 Å². The molecule has 194 valence electrons. The fourth-order valence-electron chi connectivity index (χ4n) is 3.91. The molecule has 1 atom stereocenters. The van der Waals surface area contributed by atoms with Gasteiger partial charge in [-0.1, -0.05) is 56.0 Å². The zero-order valence-electron chi connectivity index (χ0n) is 21.1. The molecule has 2 heterocycles. The number of hydrogen-bond donors (Lipinski definition) is 0. The smallest absolute Gasteiger partial charge is 0.247 e. The van der Waals surface area contributed by atoms with Crippen molar-refractivity contribution in [1.29, 1.82) is 0 Å². The first kappa shape index (κ1) is 26.9. The van der Waals surface area contributed by atoms with E-state index in [1.807, 2.05) is 43.3 Å². The number of nitrogens with zero attached hydrogens (tertiary/aromatic N) is 4. The molecule has 10 heteroatoms. The van der Waals surface area contributed by atoms with Gasteiger partial charge in [-0.05, 0) is 47.5 Å². The fraction of sp³-hybridized carbons (Fsp3) is 0.333. The number of thioether (sulfide) groups is 1. The molecule has 0 saturated heterocycles. The Kier molecular flexibility index (Phi) is 9.04. The lowest BCUT2D eigenvalue weighted by Crippen LogP contribution is -2.36. The minimum absolute atomic E-state index is 0.197. The van der Waals surface area contributed by atoms with E-state index in [-0.39, 0.29) is 5.91 Å². The molecular weight excluding hydrogens is 556 g/mol. The lowest BCUT2D eigenvalue weighted by Gasteiger charge is -2.30. The van der Waals surface area contributed by atoms with Gasteiger partial charge in [-0.25, -0.2) is 0 Å². The van der Waals surface area contributed by atoms with E-state index in [0.717, 1.165) is 24.2 Å². The number of carbonyl (C=O) groups excluding carboxylic acids is 1. The Morgan fingerprint density at radius 2 is 2.05 bits per heavy atom. The average molecular weight is 586 g/mol. The molecule has 0 spiro atoms. The number of anilines is 1. The topological polar surface area (TPSA) is 86.7 Å². The minimum atomic E-state index is -0.839. The van der Waals surface area contributed by atoms with Gasteiger partial charge in [0.1, 0.15) is 6.61 Å². The van der Waals surface area contributed by atoms with Crippen molar-refractivity contribution in [2.45, 2.75) is 45.0 Å². The van der Waals surface area contributed by atoms with Crippen LogP contribution < -0.4 is 19.1 Å². The van der Waals surface area contributed by atoms with Crippen molar-refractivity contribution in [3.63, 3.8) is 0 Å². The summed E-state index contributed by atoms with van der Waals surface area (Å²) in [6.45, 7) is 10.0. The van der Waals surface area contributed by atoms with Crippen LogP contribution in [0.4, 0.5) is 5.69 Å². The minimum Gasteiger partial charge on any atom is -0.490 e. The predicted molar refractivity (Wildman–Crippen MR) is 148 cm³/mol. The van der Waals surface area contributed by atoms with Gasteiger partial charge in [-0.15, -0.1) is 10.2 Å². The van der Waals surface area contributed by atoms with Crippen LogP contribution in [-0.4, -0.2) is 40.1 Å². The molecule has 0 aliphatic carbocycles. The zero-order chi connectivity index (χ0) is 26.4. The van der Waals surface area contributed by atoms with Crippen molar-refractivity contribution >= 4 is 39.3 Å². The van der Waals surface area contributed by atoms with Crippen molar-refractivity contribution in [3.05, 3.63) is 59.1 Å². The van der Waals surface area contributed by atoms with Gasteiger partial charge in [0.15, 0.2) is 17.2 Å². The van der Waals surface area contributed by atoms with Crippen LogP contribution in [0.5, 0.6) is 17.4 Å². The number of aromatic nitrogens is 3. The maximum absolute atomic E-state index is 13.1. The Morgan fingerprint density at radius 3 is 2.78 bits per heavy atom. The Morgan fingerprint density at radius 1 is 1.24 bits per heavy atom. The number of benzene rings is 2. The Bertz CT molecular complexity index is 1290. The fourth-order valence-corrected chi connectivity index (χ4v) is 5.35. The SMILES string of the molecule is C=CCOc1c(Br)cc([C@H]2Oc3nc(SCCCC)nnc3-c3ccccc3N2C(C)=O)cc1OCC. The van der Waals surface area contributed by atoms with Crippen LogP contribution >= 0.6 is 27.7 Å². The van der Waals surface area contributed by atoms with E-state index in [1.54, 1.807) is 11.0 Å². The molecule has 1 aromatic heterocycles. The van der Waals surface area contributed by atoms with Gasteiger partial charge in [0.05, 0.1) is 16.8 Å². The van der Waals surface area contributed by atoms with E-state index >= 15 is 0 Å². The van der Waals surface area contributed by atoms with Crippen molar-refractivity contribution < 1.29 is 19.0 Å². The lowest BCUT2D eigenvalue weighted by atomic mass is 10.1. The second-order valence-electron chi connectivity index (χ2n) is 8.19. The number of ether oxygens (including phenoxy) is 3.